The Hall–Kier alpha value is -1.10. The molecule has 4 heteroatoms. The predicted octanol–water partition coefficient (Wildman–Crippen LogP) is 1.92. The van der Waals surface area contributed by atoms with Gasteiger partial charge in [0.25, 0.3) is 0 Å². The Balaban J connectivity index is 1.72. The minimum Gasteiger partial charge on any atom is -0.378 e. The van der Waals surface area contributed by atoms with Crippen LogP contribution >= 0.6 is 0 Å². The number of piperazine rings is 1. The second-order valence-electron chi connectivity index (χ2n) is 6.80. The second-order valence-corrected chi connectivity index (χ2v) is 6.80. The molecule has 2 heterocycles. The molecule has 1 fully saturated rings. The third-order valence-corrected chi connectivity index (χ3v) is 5.04. The Morgan fingerprint density at radius 3 is 2.64 bits per heavy atom. The lowest BCUT2D eigenvalue weighted by atomic mass is 9.94. The Morgan fingerprint density at radius 2 is 1.95 bits per heavy atom. The van der Waals surface area contributed by atoms with Crippen LogP contribution in [-0.4, -0.2) is 63.2 Å². The minimum atomic E-state index is 0.545. The Kier molecular flexibility index (Phi) is 5.01. The monoisotopic (exact) mass is 302 g/mol. The fourth-order valence-electron chi connectivity index (χ4n) is 3.74. The van der Waals surface area contributed by atoms with E-state index in [-0.39, 0.29) is 0 Å². The fourth-order valence-corrected chi connectivity index (χ4v) is 3.74. The van der Waals surface area contributed by atoms with Crippen LogP contribution in [0.3, 0.4) is 0 Å². The topological polar surface area (TPSA) is 21.8 Å². The zero-order valence-electron chi connectivity index (χ0n) is 14.3. The van der Waals surface area contributed by atoms with Crippen LogP contribution in [0.15, 0.2) is 18.2 Å². The third kappa shape index (κ3) is 3.29. The summed E-state index contributed by atoms with van der Waals surface area (Å²) in [5, 5.41) is 3.62. The first-order valence-electron chi connectivity index (χ1n) is 8.66. The highest BCUT2D eigenvalue weighted by Crippen LogP contribution is 2.30. The summed E-state index contributed by atoms with van der Waals surface area (Å²) in [5.74, 6) is 0. The van der Waals surface area contributed by atoms with Gasteiger partial charge in [0.05, 0.1) is 0 Å². The van der Waals surface area contributed by atoms with Crippen LogP contribution < -0.4 is 10.2 Å². The van der Waals surface area contributed by atoms with E-state index in [1.54, 1.807) is 0 Å². The summed E-state index contributed by atoms with van der Waals surface area (Å²) in [6.45, 7) is 10.4. The molecule has 2 aliphatic heterocycles. The standard InChI is InChI=1S/C18H30N4/c1-4-7-21-8-10-22(11-9-21)18-14-19-13-15-12-16(20(2)3)5-6-17(15)18/h5-6,12,18-19H,4,7-11,13-14H2,1-3H3/t18-/m1/s1. The second kappa shape index (κ2) is 6.99. The number of hydrogen-bond acceptors (Lipinski definition) is 4. The van der Waals surface area contributed by atoms with Crippen LogP contribution in [0.4, 0.5) is 5.69 Å². The first kappa shape index (κ1) is 15.8. The molecule has 0 aliphatic carbocycles. The highest BCUT2D eigenvalue weighted by atomic mass is 15.3. The van der Waals surface area contributed by atoms with E-state index in [1.807, 2.05) is 0 Å². The van der Waals surface area contributed by atoms with Crippen LogP contribution in [0.1, 0.15) is 30.5 Å². The van der Waals surface area contributed by atoms with Crippen molar-refractivity contribution in [1.29, 1.82) is 0 Å². The average Bonchev–Trinajstić information content (AvgIpc) is 2.55. The van der Waals surface area contributed by atoms with Gasteiger partial charge in [0.2, 0.25) is 0 Å². The van der Waals surface area contributed by atoms with Gasteiger partial charge in [0.15, 0.2) is 0 Å². The van der Waals surface area contributed by atoms with Gasteiger partial charge in [0, 0.05) is 65.1 Å². The van der Waals surface area contributed by atoms with Crippen molar-refractivity contribution in [3.8, 4) is 0 Å². The Morgan fingerprint density at radius 1 is 1.18 bits per heavy atom. The molecule has 1 aromatic rings. The molecular weight excluding hydrogens is 272 g/mol. The van der Waals surface area contributed by atoms with Gasteiger partial charge < -0.3 is 15.1 Å². The molecule has 0 radical (unpaired) electrons. The van der Waals surface area contributed by atoms with Gasteiger partial charge in [-0.15, -0.1) is 0 Å². The summed E-state index contributed by atoms with van der Waals surface area (Å²) in [6.07, 6.45) is 1.27. The summed E-state index contributed by atoms with van der Waals surface area (Å²) in [5.41, 5.74) is 4.31. The highest BCUT2D eigenvalue weighted by molar-refractivity contribution is 5.51. The molecule has 0 bridgehead atoms. The van der Waals surface area contributed by atoms with Crippen molar-refractivity contribution < 1.29 is 0 Å². The van der Waals surface area contributed by atoms with Crippen LogP contribution in [0.5, 0.6) is 0 Å². The lowest BCUT2D eigenvalue weighted by Crippen LogP contribution is -2.50. The van der Waals surface area contributed by atoms with Crippen molar-refractivity contribution >= 4 is 5.69 Å². The van der Waals surface area contributed by atoms with E-state index < -0.39 is 0 Å². The molecule has 122 valence electrons. The maximum atomic E-state index is 3.62. The maximum Gasteiger partial charge on any atom is 0.0477 e. The van der Waals surface area contributed by atoms with Crippen molar-refractivity contribution in [1.82, 2.24) is 15.1 Å². The fraction of sp³-hybridized carbons (Fsp3) is 0.667. The molecular formula is C18H30N4. The number of benzene rings is 1. The van der Waals surface area contributed by atoms with E-state index in [4.69, 9.17) is 0 Å². The molecule has 1 atom stereocenters. The van der Waals surface area contributed by atoms with Crippen LogP contribution in [0.25, 0.3) is 0 Å². The van der Waals surface area contributed by atoms with Crippen molar-refractivity contribution in [2.75, 3.05) is 58.3 Å². The van der Waals surface area contributed by atoms with E-state index in [0.29, 0.717) is 6.04 Å². The SMILES string of the molecule is CCCN1CCN([C@@H]2CNCc3cc(N(C)C)ccc32)CC1. The number of nitrogens with one attached hydrogen (secondary N) is 1. The largest absolute Gasteiger partial charge is 0.378 e. The molecule has 4 nitrogen and oxygen atoms in total. The number of hydrogen-bond donors (Lipinski definition) is 1. The lowest BCUT2D eigenvalue weighted by molar-refractivity contribution is 0.0918. The number of anilines is 1. The van der Waals surface area contributed by atoms with E-state index in [1.165, 1.54) is 56.0 Å². The molecule has 1 aromatic carbocycles. The smallest absolute Gasteiger partial charge is 0.0477 e. The molecule has 0 unspecified atom stereocenters. The lowest BCUT2D eigenvalue weighted by Gasteiger charge is -2.41. The van der Waals surface area contributed by atoms with E-state index in [2.05, 4.69) is 59.2 Å². The van der Waals surface area contributed by atoms with Gasteiger partial charge in [-0.2, -0.15) is 0 Å². The molecule has 0 spiro atoms. The Labute approximate surface area is 135 Å². The van der Waals surface area contributed by atoms with Gasteiger partial charge in [-0.25, -0.2) is 0 Å². The first-order valence-corrected chi connectivity index (χ1v) is 8.66. The van der Waals surface area contributed by atoms with Crippen molar-refractivity contribution in [2.24, 2.45) is 0 Å². The summed E-state index contributed by atoms with van der Waals surface area (Å²) in [4.78, 5) is 7.46. The van der Waals surface area contributed by atoms with Crippen LogP contribution in [0, 0.1) is 0 Å². The number of rotatable bonds is 4. The molecule has 1 N–H and O–H groups in total. The van der Waals surface area contributed by atoms with Crippen molar-refractivity contribution in [3.63, 3.8) is 0 Å². The van der Waals surface area contributed by atoms with E-state index in [9.17, 15) is 0 Å². The predicted molar refractivity (Wildman–Crippen MR) is 93.5 cm³/mol. The van der Waals surface area contributed by atoms with Gasteiger partial charge in [-0.3, -0.25) is 4.90 Å². The third-order valence-electron chi connectivity index (χ3n) is 5.04. The zero-order chi connectivity index (χ0) is 15.5. The minimum absolute atomic E-state index is 0.545. The number of nitrogens with zero attached hydrogens (tertiary/aromatic N) is 3. The highest BCUT2D eigenvalue weighted by Gasteiger charge is 2.28. The van der Waals surface area contributed by atoms with Gasteiger partial charge in [-0.05, 0) is 36.2 Å². The summed E-state index contributed by atoms with van der Waals surface area (Å²) in [6, 6.07) is 7.52. The first-order chi connectivity index (χ1) is 10.7. The molecule has 3 rings (SSSR count). The molecule has 1 saturated heterocycles. The number of fused-ring (bicyclic) bond motifs is 1. The van der Waals surface area contributed by atoms with Gasteiger partial charge >= 0.3 is 0 Å². The summed E-state index contributed by atoms with van der Waals surface area (Å²) < 4.78 is 0. The quantitative estimate of drug-likeness (QED) is 0.917. The molecule has 0 amide bonds. The summed E-state index contributed by atoms with van der Waals surface area (Å²) in [7, 11) is 4.23. The van der Waals surface area contributed by atoms with Crippen LogP contribution in [0.2, 0.25) is 0 Å². The molecule has 22 heavy (non-hydrogen) atoms. The zero-order valence-corrected chi connectivity index (χ0v) is 14.3. The van der Waals surface area contributed by atoms with E-state index >= 15 is 0 Å². The van der Waals surface area contributed by atoms with Gasteiger partial charge in [-0.1, -0.05) is 13.0 Å². The summed E-state index contributed by atoms with van der Waals surface area (Å²) >= 11 is 0. The Bertz CT molecular complexity index is 492. The maximum absolute atomic E-state index is 3.62. The molecule has 0 aromatic heterocycles. The van der Waals surface area contributed by atoms with Gasteiger partial charge in [0.1, 0.15) is 0 Å². The van der Waals surface area contributed by atoms with Crippen molar-refractivity contribution in [3.05, 3.63) is 29.3 Å². The van der Waals surface area contributed by atoms with Crippen LogP contribution in [-0.2, 0) is 6.54 Å². The molecule has 0 saturated carbocycles. The average molecular weight is 302 g/mol. The van der Waals surface area contributed by atoms with E-state index in [0.717, 1.165) is 13.1 Å². The normalized spacial score (nSPS) is 23.3. The van der Waals surface area contributed by atoms with Crippen molar-refractivity contribution in [2.45, 2.75) is 25.9 Å². The molecule has 2 aliphatic rings.